The third kappa shape index (κ3) is 3.23. The minimum atomic E-state index is -1.25. The molecule has 0 aliphatic carbocycles. The Balaban J connectivity index is 1.62. The van der Waals surface area contributed by atoms with Gasteiger partial charge in [-0.1, -0.05) is 78.9 Å². The predicted octanol–water partition coefficient (Wildman–Crippen LogP) is 3.94. The summed E-state index contributed by atoms with van der Waals surface area (Å²) < 4.78 is 0. The van der Waals surface area contributed by atoms with E-state index in [1.165, 1.54) is 32.1 Å². The van der Waals surface area contributed by atoms with Gasteiger partial charge < -0.3 is 5.11 Å². The van der Waals surface area contributed by atoms with E-state index in [4.69, 9.17) is 0 Å². The number of hydrogen-bond acceptors (Lipinski definition) is 2. The van der Waals surface area contributed by atoms with Crippen LogP contribution >= 0.6 is 0 Å². The van der Waals surface area contributed by atoms with Crippen molar-refractivity contribution in [2.24, 2.45) is 0 Å². The molecule has 2 atom stereocenters. The maximum Gasteiger partial charge on any atom is 0.176 e. The van der Waals surface area contributed by atoms with Crippen molar-refractivity contribution in [3.05, 3.63) is 71.8 Å². The van der Waals surface area contributed by atoms with Crippen molar-refractivity contribution in [3.63, 3.8) is 0 Å². The van der Waals surface area contributed by atoms with Crippen LogP contribution in [0.25, 0.3) is 0 Å². The van der Waals surface area contributed by atoms with Crippen molar-refractivity contribution < 1.29 is 5.11 Å². The van der Waals surface area contributed by atoms with Crippen LogP contribution < -0.4 is 0 Å². The number of rotatable bonds is 3. The van der Waals surface area contributed by atoms with E-state index in [1.807, 2.05) is 60.7 Å². The molecule has 25 heavy (non-hydrogen) atoms. The molecule has 2 aromatic rings. The van der Waals surface area contributed by atoms with Gasteiger partial charge in [-0.2, -0.15) is 0 Å². The quantitative estimate of drug-likeness (QED) is 0.861. The number of aliphatic hydroxyl groups is 1. The second kappa shape index (κ2) is 7.04. The maximum atomic E-state index is 11.4. The smallest absolute Gasteiger partial charge is 0.176 e. The van der Waals surface area contributed by atoms with Crippen LogP contribution in [0.5, 0.6) is 0 Å². The summed E-state index contributed by atoms with van der Waals surface area (Å²) in [5.74, 6) is 6.53. The summed E-state index contributed by atoms with van der Waals surface area (Å²) in [5, 5.41) is 11.4. The van der Waals surface area contributed by atoms with Gasteiger partial charge in [-0.15, -0.1) is 0 Å². The van der Waals surface area contributed by atoms with E-state index in [-0.39, 0.29) is 0 Å². The zero-order chi connectivity index (χ0) is 17.1. The summed E-state index contributed by atoms with van der Waals surface area (Å²) in [7, 11) is 0. The van der Waals surface area contributed by atoms with E-state index in [0.29, 0.717) is 12.1 Å². The molecule has 1 N–H and O–H groups in total. The van der Waals surface area contributed by atoms with Gasteiger partial charge in [-0.25, -0.2) is 0 Å². The van der Waals surface area contributed by atoms with Crippen LogP contribution in [0.2, 0.25) is 0 Å². The molecule has 2 aromatic carbocycles. The predicted molar refractivity (Wildman–Crippen MR) is 101 cm³/mol. The molecule has 0 spiro atoms. The van der Waals surface area contributed by atoms with Gasteiger partial charge in [0.15, 0.2) is 5.60 Å². The number of fused-ring (bicyclic) bond motifs is 2. The van der Waals surface area contributed by atoms with Gasteiger partial charge in [0, 0.05) is 23.2 Å². The third-order valence-electron chi connectivity index (χ3n) is 5.76. The van der Waals surface area contributed by atoms with Crippen LogP contribution in [0.4, 0.5) is 0 Å². The summed E-state index contributed by atoms with van der Waals surface area (Å²) in [5.41, 5.74) is 0.405. The van der Waals surface area contributed by atoms with Gasteiger partial charge in [-0.3, -0.25) is 4.90 Å². The topological polar surface area (TPSA) is 23.5 Å². The zero-order valence-corrected chi connectivity index (χ0v) is 14.6. The number of piperidine rings is 1. The first-order valence-corrected chi connectivity index (χ1v) is 9.36. The summed E-state index contributed by atoms with van der Waals surface area (Å²) in [6, 6.07) is 21.0. The fraction of sp³-hybridized carbons (Fsp3) is 0.391. The van der Waals surface area contributed by atoms with Gasteiger partial charge in [0.25, 0.3) is 0 Å². The summed E-state index contributed by atoms with van der Waals surface area (Å²) in [4.78, 5) is 2.56. The van der Waals surface area contributed by atoms with E-state index in [1.54, 1.807) is 0 Å². The van der Waals surface area contributed by atoms with Gasteiger partial charge in [-0.05, 0) is 25.7 Å². The largest absolute Gasteiger partial charge is 0.369 e. The van der Waals surface area contributed by atoms with Gasteiger partial charge in [0.05, 0.1) is 6.54 Å². The highest BCUT2D eigenvalue weighted by Crippen LogP contribution is 2.35. The third-order valence-corrected chi connectivity index (χ3v) is 5.76. The Morgan fingerprint density at radius 1 is 0.840 bits per heavy atom. The molecule has 2 aliphatic rings. The molecule has 0 aromatic heterocycles. The maximum absolute atomic E-state index is 11.4. The second-order valence-corrected chi connectivity index (χ2v) is 7.23. The van der Waals surface area contributed by atoms with E-state index < -0.39 is 5.60 Å². The Hall–Kier alpha value is -2.08. The van der Waals surface area contributed by atoms with E-state index >= 15 is 0 Å². The lowest BCUT2D eigenvalue weighted by atomic mass is 9.87. The Bertz CT molecular complexity index is 703. The van der Waals surface area contributed by atoms with E-state index in [0.717, 1.165) is 17.7 Å². The van der Waals surface area contributed by atoms with Crippen LogP contribution in [0, 0.1) is 11.8 Å². The van der Waals surface area contributed by atoms with Crippen LogP contribution in [-0.4, -0.2) is 28.6 Å². The highest BCUT2D eigenvalue weighted by atomic mass is 16.3. The van der Waals surface area contributed by atoms with Crippen molar-refractivity contribution >= 4 is 0 Å². The lowest BCUT2D eigenvalue weighted by Crippen LogP contribution is -2.39. The Kier molecular flexibility index (Phi) is 4.61. The molecular formula is C23H25NO. The minimum Gasteiger partial charge on any atom is -0.369 e. The van der Waals surface area contributed by atoms with Crippen LogP contribution in [0.15, 0.2) is 60.7 Å². The lowest BCUT2D eigenvalue weighted by molar-refractivity contribution is 0.143. The SMILES string of the molecule is OC(C#CCN1C2CCCC1CC2)(c1ccccc1)c1ccccc1. The molecule has 0 saturated carbocycles. The fourth-order valence-corrected chi connectivity index (χ4v) is 4.41. The second-order valence-electron chi connectivity index (χ2n) is 7.23. The summed E-state index contributed by atoms with van der Waals surface area (Å²) in [6.45, 7) is 0.761. The molecule has 4 rings (SSSR count). The number of hydrogen-bond donors (Lipinski definition) is 1. The first-order valence-electron chi connectivity index (χ1n) is 9.36. The average molecular weight is 331 g/mol. The summed E-state index contributed by atoms with van der Waals surface area (Å²) in [6.07, 6.45) is 6.60. The lowest BCUT2D eigenvalue weighted by Gasteiger charge is -2.33. The average Bonchev–Trinajstić information content (AvgIpc) is 2.90. The van der Waals surface area contributed by atoms with Crippen molar-refractivity contribution in [2.45, 2.75) is 49.8 Å². The molecule has 128 valence electrons. The van der Waals surface area contributed by atoms with Crippen molar-refractivity contribution in [1.29, 1.82) is 0 Å². The molecular weight excluding hydrogens is 306 g/mol. The molecule has 2 nitrogen and oxygen atoms in total. The molecule has 2 unspecified atom stereocenters. The monoisotopic (exact) mass is 331 g/mol. The van der Waals surface area contributed by atoms with Crippen molar-refractivity contribution in [1.82, 2.24) is 4.90 Å². The zero-order valence-electron chi connectivity index (χ0n) is 14.6. The normalized spacial score (nSPS) is 23.1. The van der Waals surface area contributed by atoms with Crippen LogP contribution in [0.3, 0.4) is 0 Å². The molecule has 2 heterocycles. The fourth-order valence-electron chi connectivity index (χ4n) is 4.41. The molecule has 2 heteroatoms. The van der Waals surface area contributed by atoms with Gasteiger partial charge >= 0.3 is 0 Å². The molecule has 2 saturated heterocycles. The van der Waals surface area contributed by atoms with Crippen LogP contribution in [0.1, 0.15) is 43.2 Å². The molecule has 0 amide bonds. The molecule has 2 bridgehead atoms. The van der Waals surface area contributed by atoms with Gasteiger partial charge in [0.1, 0.15) is 0 Å². The van der Waals surface area contributed by atoms with Crippen LogP contribution in [-0.2, 0) is 5.60 Å². The standard InChI is InChI=1S/C23H25NO/c25-23(19-9-3-1-4-10-19,20-11-5-2-6-12-20)17-8-18-24-21-13-7-14-22(24)16-15-21/h1-6,9-12,21-22,25H,7,13-16,18H2. The van der Waals surface area contributed by atoms with E-state index in [2.05, 4.69) is 16.7 Å². The minimum absolute atomic E-state index is 0.703. The molecule has 2 fully saturated rings. The van der Waals surface area contributed by atoms with Crippen molar-refractivity contribution in [2.75, 3.05) is 6.54 Å². The molecule has 0 radical (unpaired) electrons. The number of benzene rings is 2. The first-order chi connectivity index (χ1) is 12.3. The molecule has 2 aliphatic heterocycles. The first kappa shape index (κ1) is 16.4. The Morgan fingerprint density at radius 3 is 1.88 bits per heavy atom. The highest BCUT2D eigenvalue weighted by molar-refractivity contribution is 5.44. The Labute approximate surface area is 150 Å². The highest BCUT2D eigenvalue weighted by Gasteiger charge is 2.36. The van der Waals surface area contributed by atoms with Crippen molar-refractivity contribution in [3.8, 4) is 11.8 Å². The number of nitrogens with zero attached hydrogens (tertiary/aromatic N) is 1. The van der Waals surface area contributed by atoms with Gasteiger partial charge in [0.2, 0.25) is 0 Å². The van der Waals surface area contributed by atoms with E-state index in [9.17, 15) is 5.11 Å². The summed E-state index contributed by atoms with van der Waals surface area (Å²) >= 11 is 0. The Morgan fingerprint density at radius 2 is 1.36 bits per heavy atom.